The molecule has 0 atom stereocenters. The molecule has 138 valence electrons. The van der Waals surface area contributed by atoms with Crippen molar-refractivity contribution in [3.05, 3.63) is 65.4 Å². The lowest BCUT2D eigenvalue weighted by atomic mass is 10.1. The van der Waals surface area contributed by atoms with Crippen molar-refractivity contribution in [2.45, 2.75) is 18.8 Å². The number of hydrogen-bond donors (Lipinski definition) is 2. The van der Waals surface area contributed by atoms with Gasteiger partial charge in [0.1, 0.15) is 28.6 Å². The van der Waals surface area contributed by atoms with Crippen molar-refractivity contribution in [1.82, 2.24) is 10.2 Å². The highest BCUT2D eigenvalue weighted by Crippen LogP contribution is 2.46. The predicted molar refractivity (Wildman–Crippen MR) is 96.9 cm³/mol. The van der Waals surface area contributed by atoms with Crippen LogP contribution in [0.5, 0.6) is 5.75 Å². The number of aromatic nitrogens is 2. The Morgan fingerprint density at radius 3 is 2.52 bits per heavy atom. The zero-order valence-corrected chi connectivity index (χ0v) is 14.6. The molecule has 0 spiro atoms. The lowest BCUT2D eigenvalue weighted by Crippen LogP contribution is -2.17. The van der Waals surface area contributed by atoms with Gasteiger partial charge in [0, 0.05) is 11.5 Å². The molecule has 0 bridgehead atoms. The fraction of sp³-hybridized carbons (Fsp3) is 0.200. The zero-order chi connectivity index (χ0) is 19.0. The lowest BCUT2D eigenvalue weighted by molar-refractivity contribution is 0.101. The molecule has 2 aromatic carbocycles. The molecule has 0 aliphatic heterocycles. The van der Waals surface area contributed by atoms with Gasteiger partial charge in [-0.25, -0.2) is 8.78 Å². The van der Waals surface area contributed by atoms with Crippen molar-refractivity contribution >= 4 is 11.6 Å². The minimum absolute atomic E-state index is 0.238. The van der Waals surface area contributed by atoms with Crippen molar-refractivity contribution in [2.75, 3.05) is 12.4 Å². The van der Waals surface area contributed by atoms with Gasteiger partial charge in [0.2, 0.25) is 0 Å². The first-order chi connectivity index (χ1) is 13.1. The number of nitrogens with one attached hydrogen (secondary N) is 2. The van der Waals surface area contributed by atoms with E-state index in [2.05, 4.69) is 15.5 Å². The largest absolute Gasteiger partial charge is 0.496 e. The normalized spacial score (nSPS) is 13.4. The van der Waals surface area contributed by atoms with Gasteiger partial charge >= 0.3 is 0 Å². The number of carbonyl (C=O) groups excluding carboxylic acids is 1. The molecule has 1 fully saturated rings. The molecule has 2 N–H and O–H groups in total. The van der Waals surface area contributed by atoms with E-state index >= 15 is 0 Å². The van der Waals surface area contributed by atoms with Crippen molar-refractivity contribution in [3.63, 3.8) is 0 Å². The Labute approximate surface area is 154 Å². The van der Waals surface area contributed by atoms with Crippen LogP contribution >= 0.6 is 0 Å². The first-order valence-electron chi connectivity index (χ1n) is 8.57. The molecule has 1 aromatic heterocycles. The Morgan fingerprint density at radius 1 is 1.15 bits per heavy atom. The fourth-order valence-corrected chi connectivity index (χ4v) is 3.08. The van der Waals surface area contributed by atoms with Crippen LogP contribution in [0.3, 0.4) is 0 Å². The summed E-state index contributed by atoms with van der Waals surface area (Å²) in [6.45, 7) is 0. The molecule has 0 unspecified atom stereocenters. The Bertz CT molecular complexity index is 992. The van der Waals surface area contributed by atoms with Crippen LogP contribution in [0, 0.1) is 11.6 Å². The molecule has 1 amide bonds. The lowest BCUT2D eigenvalue weighted by Gasteiger charge is -2.11. The molecule has 7 heteroatoms. The van der Waals surface area contributed by atoms with E-state index in [1.807, 2.05) is 18.2 Å². The Kier molecular flexibility index (Phi) is 4.35. The Hall–Kier alpha value is -3.22. The van der Waals surface area contributed by atoms with Gasteiger partial charge < -0.3 is 10.1 Å². The van der Waals surface area contributed by atoms with E-state index in [1.54, 1.807) is 13.2 Å². The second-order valence-corrected chi connectivity index (χ2v) is 6.39. The molecule has 4 rings (SSSR count). The number of halogens is 2. The average Bonchev–Trinajstić information content (AvgIpc) is 3.42. The van der Waals surface area contributed by atoms with Gasteiger partial charge in [-0.15, -0.1) is 0 Å². The summed E-state index contributed by atoms with van der Waals surface area (Å²) in [5, 5.41) is 9.96. The number of rotatable bonds is 5. The molecule has 0 saturated heterocycles. The minimum atomic E-state index is -0.914. The highest BCUT2D eigenvalue weighted by molar-refractivity contribution is 6.07. The second kappa shape index (κ2) is 6.83. The van der Waals surface area contributed by atoms with Crippen LogP contribution in [-0.2, 0) is 0 Å². The van der Waals surface area contributed by atoms with Gasteiger partial charge in [-0.1, -0.05) is 18.2 Å². The summed E-state index contributed by atoms with van der Waals surface area (Å²) in [5.74, 6) is -1.86. The number of benzene rings is 2. The standard InChI is InChI=1S/C20H17F2N3O2/c1-27-15-8-3-2-5-12(15)18-19(17(24-25-18)11-9-10-11)23-20(26)16-13(21)6-4-7-14(16)22/h2-8,11H,9-10H2,1H3,(H,23,26)(H,24,25). The summed E-state index contributed by atoms with van der Waals surface area (Å²) in [5.41, 5.74) is 1.70. The summed E-state index contributed by atoms with van der Waals surface area (Å²) in [4.78, 5) is 12.6. The number of methoxy groups -OCH3 is 1. The van der Waals surface area contributed by atoms with Crippen LogP contribution in [0.25, 0.3) is 11.3 Å². The van der Waals surface area contributed by atoms with Gasteiger partial charge in [0.05, 0.1) is 18.5 Å². The highest BCUT2D eigenvalue weighted by atomic mass is 19.1. The van der Waals surface area contributed by atoms with Crippen molar-refractivity contribution in [2.24, 2.45) is 0 Å². The summed E-state index contributed by atoms with van der Waals surface area (Å²) in [6.07, 6.45) is 1.93. The van der Waals surface area contributed by atoms with Gasteiger partial charge in [-0.3, -0.25) is 9.89 Å². The second-order valence-electron chi connectivity index (χ2n) is 6.39. The highest BCUT2D eigenvalue weighted by Gasteiger charge is 2.32. The molecule has 1 saturated carbocycles. The third kappa shape index (κ3) is 3.16. The molecule has 1 heterocycles. The van der Waals surface area contributed by atoms with Crippen LogP contribution in [0.15, 0.2) is 42.5 Å². The van der Waals surface area contributed by atoms with Crippen molar-refractivity contribution in [1.29, 1.82) is 0 Å². The number of ether oxygens (including phenoxy) is 1. The number of carbonyl (C=O) groups is 1. The monoisotopic (exact) mass is 369 g/mol. The number of H-pyrrole nitrogens is 1. The van der Waals surface area contributed by atoms with E-state index in [-0.39, 0.29) is 5.92 Å². The van der Waals surface area contributed by atoms with E-state index < -0.39 is 23.1 Å². The van der Waals surface area contributed by atoms with E-state index in [0.717, 1.165) is 30.7 Å². The summed E-state index contributed by atoms with van der Waals surface area (Å²) < 4.78 is 33.4. The van der Waals surface area contributed by atoms with E-state index in [0.29, 0.717) is 22.7 Å². The molecular formula is C20H17F2N3O2. The maximum absolute atomic E-state index is 14.0. The number of hydrogen-bond acceptors (Lipinski definition) is 3. The molecule has 5 nitrogen and oxygen atoms in total. The van der Waals surface area contributed by atoms with Crippen LogP contribution in [-0.4, -0.2) is 23.2 Å². The van der Waals surface area contributed by atoms with E-state index in [9.17, 15) is 13.6 Å². The number of amides is 1. The Morgan fingerprint density at radius 2 is 1.85 bits per heavy atom. The molecular weight excluding hydrogens is 352 g/mol. The quantitative estimate of drug-likeness (QED) is 0.696. The van der Waals surface area contributed by atoms with Crippen LogP contribution in [0.4, 0.5) is 14.5 Å². The first-order valence-corrected chi connectivity index (χ1v) is 8.57. The predicted octanol–water partition coefficient (Wildman–Crippen LogP) is 4.49. The third-order valence-corrected chi connectivity index (χ3v) is 4.57. The molecule has 27 heavy (non-hydrogen) atoms. The van der Waals surface area contributed by atoms with Gasteiger partial charge in [0.15, 0.2) is 0 Å². The van der Waals surface area contributed by atoms with Gasteiger partial charge in [-0.05, 0) is 37.1 Å². The van der Waals surface area contributed by atoms with Gasteiger partial charge in [0.25, 0.3) is 5.91 Å². The van der Waals surface area contributed by atoms with Crippen LogP contribution in [0.2, 0.25) is 0 Å². The summed E-state index contributed by atoms with van der Waals surface area (Å²) in [7, 11) is 1.54. The zero-order valence-electron chi connectivity index (χ0n) is 14.6. The van der Waals surface area contributed by atoms with Crippen LogP contribution in [0.1, 0.15) is 34.8 Å². The summed E-state index contributed by atoms with van der Waals surface area (Å²) in [6, 6.07) is 10.6. The number of para-hydroxylation sites is 1. The fourth-order valence-electron chi connectivity index (χ4n) is 3.08. The number of anilines is 1. The number of aromatic amines is 1. The third-order valence-electron chi connectivity index (χ3n) is 4.57. The maximum Gasteiger partial charge on any atom is 0.261 e. The van der Waals surface area contributed by atoms with Crippen molar-refractivity contribution < 1.29 is 18.3 Å². The van der Waals surface area contributed by atoms with E-state index in [1.165, 1.54) is 6.07 Å². The van der Waals surface area contributed by atoms with Gasteiger partial charge in [-0.2, -0.15) is 5.10 Å². The maximum atomic E-state index is 14.0. The molecule has 1 aliphatic rings. The molecule has 1 aliphatic carbocycles. The average molecular weight is 369 g/mol. The molecule has 3 aromatic rings. The Balaban J connectivity index is 1.78. The van der Waals surface area contributed by atoms with Crippen LogP contribution < -0.4 is 10.1 Å². The molecule has 0 radical (unpaired) electrons. The smallest absolute Gasteiger partial charge is 0.261 e. The topological polar surface area (TPSA) is 67.0 Å². The first kappa shape index (κ1) is 17.2. The number of nitrogens with zero attached hydrogens (tertiary/aromatic N) is 1. The SMILES string of the molecule is COc1ccccc1-c1n[nH]c(C2CC2)c1NC(=O)c1c(F)cccc1F. The summed E-state index contributed by atoms with van der Waals surface area (Å²) >= 11 is 0. The minimum Gasteiger partial charge on any atom is -0.496 e. The van der Waals surface area contributed by atoms with E-state index in [4.69, 9.17) is 4.74 Å². The van der Waals surface area contributed by atoms with Crippen molar-refractivity contribution in [3.8, 4) is 17.0 Å².